The van der Waals surface area contributed by atoms with Gasteiger partial charge in [0.15, 0.2) is 6.61 Å². The highest BCUT2D eigenvalue weighted by atomic mass is 16.5. The van der Waals surface area contributed by atoms with Gasteiger partial charge in [0.05, 0.1) is 5.69 Å². The fourth-order valence-corrected chi connectivity index (χ4v) is 2.12. The Morgan fingerprint density at radius 1 is 1.30 bits per heavy atom. The molecule has 0 spiro atoms. The molecule has 2 N–H and O–H groups in total. The zero-order chi connectivity index (χ0) is 16.8. The van der Waals surface area contributed by atoms with Crippen molar-refractivity contribution in [1.29, 1.82) is 0 Å². The Morgan fingerprint density at radius 3 is 2.74 bits per heavy atom. The van der Waals surface area contributed by atoms with E-state index in [1.165, 1.54) is 0 Å². The van der Waals surface area contributed by atoms with E-state index in [1.54, 1.807) is 22.9 Å². The lowest BCUT2D eigenvalue weighted by atomic mass is 10.2. The van der Waals surface area contributed by atoms with Crippen LogP contribution in [0.4, 0.5) is 0 Å². The van der Waals surface area contributed by atoms with E-state index in [0.29, 0.717) is 12.3 Å². The molecule has 2 rings (SSSR count). The minimum absolute atomic E-state index is 0.145. The largest absolute Gasteiger partial charge is 0.482 e. The summed E-state index contributed by atoms with van der Waals surface area (Å²) in [7, 11) is 0. The van der Waals surface area contributed by atoms with Crippen molar-refractivity contribution in [3.8, 4) is 5.75 Å². The molecule has 0 atom stereocenters. The first-order chi connectivity index (χ1) is 10.9. The Hall–Kier alpha value is -2.83. The molecule has 122 valence electrons. The molecule has 2 aromatic rings. The van der Waals surface area contributed by atoms with Crippen molar-refractivity contribution in [1.82, 2.24) is 15.1 Å². The molecule has 0 saturated carbocycles. The fourth-order valence-electron chi connectivity index (χ4n) is 2.12. The molecular formula is C16H19N3O4. The van der Waals surface area contributed by atoms with Crippen LogP contribution in [0.25, 0.3) is 0 Å². The molecule has 23 heavy (non-hydrogen) atoms. The van der Waals surface area contributed by atoms with Crippen LogP contribution in [0.3, 0.4) is 0 Å². The van der Waals surface area contributed by atoms with Crippen molar-refractivity contribution in [3.05, 3.63) is 47.3 Å². The summed E-state index contributed by atoms with van der Waals surface area (Å²) in [6.07, 6.45) is 0. The summed E-state index contributed by atoms with van der Waals surface area (Å²) < 4.78 is 6.75. The van der Waals surface area contributed by atoms with E-state index in [1.807, 2.05) is 26.0 Å². The first-order valence-electron chi connectivity index (χ1n) is 7.15. The van der Waals surface area contributed by atoms with E-state index in [9.17, 15) is 9.59 Å². The Bertz CT molecular complexity index is 709. The number of aryl methyl sites for hydroxylation is 2. The lowest BCUT2D eigenvalue weighted by molar-refractivity contribution is -0.139. The van der Waals surface area contributed by atoms with Crippen molar-refractivity contribution in [2.75, 3.05) is 6.61 Å². The number of rotatable bonds is 7. The molecule has 1 heterocycles. The summed E-state index contributed by atoms with van der Waals surface area (Å²) in [6, 6.07) is 8.87. The number of ether oxygens (including phenoxy) is 1. The Kier molecular flexibility index (Phi) is 5.35. The molecule has 7 heteroatoms. The number of carboxylic acid groups (broad SMARTS) is 1. The van der Waals surface area contributed by atoms with Gasteiger partial charge in [-0.1, -0.05) is 12.1 Å². The van der Waals surface area contributed by atoms with Crippen LogP contribution in [0, 0.1) is 13.8 Å². The van der Waals surface area contributed by atoms with Crippen LogP contribution in [0.2, 0.25) is 0 Å². The van der Waals surface area contributed by atoms with Gasteiger partial charge in [-0.05, 0) is 37.6 Å². The molecule has 0 unspecified atom stereocenters. The molecule has 0 aliphatic rings. The molecule has 0 saturated heterocycles. The molecule has 0 aliphatic heterocycles. The number of carboxylic acids is 1. The molecule has 1 aromatic carbocycles. The van der Waals surface area contributed by atoms with E-state index in [-0.39, 0.29) is 12.5 Å². The number of hydrogen-bond acceptors (Lipinski definition) is 4. The van der Waals surface area contributed by atoms with Gasteiger partial charge in [0.2, 0.25) is 5.91 Å². The summed E-state index contributed by atoms with van der Waals surface area (Å²) in [4.78, 5) is 22.5. The minimum Gasteiger partial charge on any atom is -0.482 e. The third kappa shape index (κ3) is 5.14. The second-order valence-electron chi connectivity index (χ2n) is 5.19. The van der Waals surface area contributed by atoms with Crippen LogP contribution < -0.4 is 10.1 Å². The molecule has 7 nitrogen and oxygen atoms in total. The van der Waals surface area contributed by atoms with Gasteiger partial charge < -0.3 is 15.2 Å². The summed E-state index contributed by atoms with van der Waals surface area (Å²) in [5.41, 5.74) is 2.63. The van der Waals surface area contributed by atoms with E-state index >= 15 is 0 Å². The van der Waals surface area contributed by atoms with Gasteiger partial charge in [0.25, 0.3) is 0 Å². The van der Waals surface area contributed by atoms with E-state index in [2.05, 4.69) is 10.4 Å². The van der Waals surface area contributed by atoms with E-state index < -0.39 is 12.6 Å². The number of benzene rings is 1. The van der Waals surface area contributed by atoms with Gasteiger partial charge in [-0.15, -0.1) is 0 Å². The third-order valence-electron chi connectivity index (χ3n) is 3.15. The number of carbonyl (C=O) groups excluding carboxylic acids is 1. The average molecular weight is 317 g/mol. The molecule has 0 fully saturated rings. The zero-order valence-electron chi connectivity index (χ0n) is 13.1. The normalized spacial score (nSPS) is 10.3. The quantitative estimate of drug-likeness (QED) is 0.802. The standard InChI is InChI=1S/C16H19N3O4/c1-11-6-12(2)19(18-11)9-15(20)17-8-13-4-3-5-14(7-13)23-10-16(21)22/h3-7H,8-10H2,1-2H3,(H,17,20)(H,21,22). The minimum atomic E-state index is -1.03. The highest BCUT2D eigenvalue weighted by Gasteiger charge is 2.07. The van der Waals surface area contributed by atoms with Crippen LogP contribution >= 0.6 is 0 Å². The Labute approximate surface area is 133 Å². The predicted octanol–water partition coefficient (Wildman–Crippen LogP) is 1.28. The summed E-state index contributed by atoms with van der Waals surface area (Å²) in [6.45, 7) is 3.88. The Morgan fingerprint density at radius 2 is 2.09 bits per heavy atom. The van der Waals surface area contributed by atoms with Gasteiger partial charge in [0, 0.05) is 12.2 Å². The third-order valence-corrected chi connectivity index (χ3v) is 3.15. The summed E-state index contributed by atoms with van der Waals surface area (Å²) >= 11 is 0. The zero-order valence-corrected chi connectivity index (χ0v) is 13.1. The number of aromatic nitrogens is 2. The van der Waals surface area contributed by atoms with Crippen LogP contribution in [0.1, 0.15) is 17.0 Å². The SMILES string of the molecule is Cc1cc(C)n(CC(=O)NCc2cccc(OCC(=O)O)c2)n1. The number of aliphatic carboxylic acids is 1. The fraction of sp³-hybridized carbons (Fsp3) is 0.312. The second-order valence-corrected chi connectivity index (χ2v) is 5.19. The van der Waals surface area contributed by atoms with Crippen LogP contribution in [-0.4, -0.2) is 33.4 Å². The van der Waals surface area contributed by atoms with Gasteiger partial charge in [-0.3, -0.25) is 9.48 Å². The first kappa shape index (κ1) is 16.5. The van der Waals surface area contributed by atoms with Crippen molar-refractivity contribution in [2.45, 2.75) is 26.9 Å². The monoisotopic (exact) mass is 317 g/mol. The van der Waals surface area contributed by atoms with Gasteiger partial charge in [-0.25, -0.2) is 4.79 Å². The average Bonchev–Trinajstić information content (AvgIpc) is 2.81. The first-order valence-corrected chi connectivity index (χ1v) is 7.15. The van der Waals surface area contributed by atoms with Crippen LogP contribution in [0.5, 0.6) is 5.75 Å². The van der Waals surface area contributed by atoms with Crippen LogP contribution in [0.15, 0.2) is 30.3 Å². The molecule has 1 amide bonds. The van der Waals surface area contributed by atoms with Crippen LogP contribution in [-0.2, 0) is 22.7 Å². The predicted molar refractivity (Wildman–Crippen MR) is 83.1 cm³/mol. The topological polar surface area (TPSA) is 93.5 Å². The highest BCUT2D eigenvalue weighted by Crippen LogP contribution is 2.13. The number of nitrogens with zero attached hydrogens (tertiary/aromatic N) is 2. The van der Waals surface area contributed by atoms with Crippen molar-refractivity contribution in [2.24, 2.45) is 0 Å². The van der Waals surface area contributed by atoms with Crippen molar-refractivity contribution < 1.29 is 19.4 Å². The number of hydrogen-bond donors (Lipinski definition) is 2. The van der Waals surface area contributed by atoms with Crippen molar-refractivity contribution >= 4 is 11.9 Å². The highest BCUT2D eigenvalue weighted by molar-refractivity contribution is 5.75. The maximum Gasteiger partial charge on any atom is 0.341 e. The van der Waals surface area contributed by atoms with Gasteiger partial charge in [0.1, 0.15) is 12.3 Å². The smallest absolute Gasteiger partial charge is 0.341 e. The number of nitrogens with one attached hydrogen (secondary N) is 1. The number of carbonyl (C=O) groups is 2. The lowest BCUT2D eigenvalue weighted by Crippen LogP contribution is -2.28. The van der Waals surface area contributed by atoms with E-state index in [4.69, 9.17) is 9.84 Å². The van der Waals surface area contributed by atoms with Gasteiger partial charge in [-0.2, -0.15) is 5.10 Å². The van der Waals surface area contributed by atoms with Crippen molar-refractivity contribution in [3.63, 3.8) is 0 Å². The molecule has 1 aromatic heterocycles. The maximum atomic E-state index is 12.0. The maximum absolute atomic E-state index is 12.0. The Balaban J connectivity index is 1.87. The molecular weight excluding hydrogens is 298 g/mol. The lowest BCUT2D eigenvalue weighted by Gasteiger charge is -2.08. The summed E-state index contributed by atoms with van der Waals surface area (Å²) in [5, 5.41) is 15.6. The molecule has 0 aliphatic carbocycles. The summed E-state index contributed by atoms with van der Waals surface area (Å²) in [5.74, 6) is -0.723. The second kappa shape index (κ2) is 7.44. The molecule has 0 radical (unpaired) electrons. The van der Waals surface area contributed by atoms with E-state index in [0.717, 1.165) is 17.0 Å². The molecule has 0 bridgehead atoms. The van der Waals surface area contributed by atoms with Gasteiger partial charge >= 0.3 is 5.97 Å². The number of amides is 1.